The van der Waals surface area contributed by atoms with Gasteiger partial charge in [0.25, 0.3) is 0 Å². The fraction of sp³-hybridized carbons (Fsp3) is 0.435. The van der Waals surface area contributed by atoms with E-state index in [1.165, 1.54) is 11.4 Å². The molecule has 0 saturated heterocycles. The van der Waals surface area contributed by atoms with Gasteiger partial charge in [0.15, 0.2) is 5.78 Å². The van der Waals surface area contributed by atoms with Crippen LogP contribution in [0.25, 0.3) is 0 Å². The number of ketones is 1. The van der Waals surface area contributed by atoms with Crippen LogP contribution in [-0.2, 0) is 0 Å². The molecule has 0 fully saturated rings. The number of benzene rings is 2. The standard InChI is InChI=1S/C23H32N2O/c1-7-24(8-2)21-13-11-19(15-17(21)5)23(26)20-12-14-22(18(6)16-20)25(9-3)10-4/h11-16H,7-10H2,1-6H3. The summed E-state index contributed by atoms with van der Waals surface area (Å²) in [6.45, 7) is 16.7. The van der Waals surface area contributed by atoms with Crippen molar-refractivity contribution in [1.29, 1.82) is 0 Å². The average molecular weight is 353 g/mol. The van der Waals surface area contributed by atoms with E-state index in [4.69, 9.17) is 0 Å². The maximum atomic E-state index is 13.0. The van der Waals surface area contributed by atoms with Gasteiger partial charge in [0.2, 0.25) is 0 Å². The average Bonchev–Trinajstić information content (AvgIpc) is 2.65. The maximum absolute atomic E-state index is 13.0. The lowest BCUT2D eigenvalue weighted by Crippen LogP contribution is -2.23. The summed E-state index contributed by atoms with van der Waals surface area (Å²) in [5.74, 6) is 0.0911. The molecule has 140 valence electrons. The summed E-state index contributed by atoms with van der Waals surface area (Å²) in [6, 6.07) is 12.1. The number of aryl methyl sites for hydroxylation is 2. The summed E-state index contributed by atoms with van der Waals surface area (Å²) >= 11 is 0. The molecule has 0 N–H and O–H groups in total. The first-order chi connectivity index (χ1) is 12.5. The zero-order valence-corrected chi connectivity index (χ0v) is 17.1. The Morgan fingerprint density at radius 1 is 0.692 bits per heavy atom. The number of nitrogens with zero attached hydrogens (tertiary/aromatic N) is 2. The Bertz CT molecular complexity index is 695. The van der Waals surface area contributed by atoms with Crippen LogP contribution in [-0.4, -0.2) is 32.0 Å². The van der Waals surface area contributed by atoms with Crippen molar-refractivity contribution in [2.75, 3.05) is 36.0 Å². The molecule has 0 amide bonds. The van der Waals surface area contributed by atoms with Gasteiger partial charge < -0.3 is 9.80 Å². The Balaban J connectivity index is 2.32. The van der Waals surface area contributed by atoms with E-state index in [0.29, 0.717) is 0 Å². The smallest absolute Gasteiger partial charge is 0.193 e. The molecule has 2 aromatic rings. The fourth-order valence-corrected chi connectivity index (χ4v) is 3.60. The molecule has 0 bridgehead atoms. The van der Waals surface area contributed by atoms with E-state index < -0.39 is 0 Å². The van der Waals surface area contributed by atoms with Crippen molar-refractivity contribution >= 4 is 17.2 Å². The van der Waals surface area contributed by atoms with Gasteiger partial charge in [-0.2, -0.15) is 0 Å². The highest BCUT2D eigenvalue weighted by atomic mass is 16.1. The minimum Gasteiger partial charge on any atom is -0.372 e. The number of carbonyl (C=O) groups is 1. The normalized spacial score (nSPS) is 10.7. The molecule has 0 aliphatic heterocycles. The minimum absolute atomic E-state index is 0.0911. The van der Waals surface area contributed by atoms with Gasteiger partial charge in [0.1, 0.15) is 0 Å². The number of carbonyl (C=O) groups excluding carboxylic acids is 1. The SMILES string of the molecule is CCN(CC)c1ccc(C(=O)c2ccc(N(CC)CC)c(C)c2)cc1C. The van der Waals surface area contributed by atoms with Crippen molar-refractivity contribution in [2.24, 2.45) is 0 Å². The van der Waals surface area contributed by atoms with Crippen LogP contribution < -0.4 is 9.80 Å². The summed E-state index contributed by atoms with van der Waals surface area (Å²) in [5, 5.41) is 0. The zero-order chi connectivity index (χ0) is 19.3. The minimum atomic E-state index is 0.0911. The van der Waals surface area contributed by atoms with E-state index in [-0.39, 0.29) is 5.78 Å². The molecule has 0 heterocycles. The van der Waals surface area contributed by atoms with Gasteiger partial charge in [0, 0.05) is 48.7 Å². The van der Waals surface area contributed by atoms with Crippen LogP contribution in [0.1, 0.15) is 54.7 Å². The first kappa shape index (κ1) is 20.0. The largest absolute Gasteiger partial charge is 0.372 e. The highest BCUT2D eigenvalue weighted by Gasteiger charge is 2.14. The Labute approximate surface area is 158 Å². The summed E-state index contributed by atoms with van der Waals surface area (Å²) in [4.78, 5) is 17.6. The third-order valence-electron chi connectivity index (χ3n) is 5.13. The molecular formula is C23H32N2O. The van der Waals surface area contributed by atoms with Crippen LogP contribution in [0.4, 0.5) is 11.4 Å². The van der Waals surface area contributed by atoms with E-state index in [1.54, 1.807) is 0 Å². The molecule has 0 spiro atoms. The van der Waals surface area contributed by atoms with Crippen molar-refractivity contribution in [1.82, 2.24) is 0 Å². The maximum Gasteiger partial charge on any atom is 0.193 e. The molecule has 26 heavy (non-hydrogen) atoms. The van der Waals surface area contributed by atoms with Crippen molar-refractivity contribution < 1.29 is 4.79 Å². The third-order valence-corrected chi connectivity index (χ3v) is 5.13. The molecule has 0 aromatic heterocycles. The van der Waals surface area contributed by atoms with Crippen molar-refractivity contribution in [3.8, 4) is 0 Å². The Morgan fingerprint density at radius 2 is 1.04 bits per heavy atom. The van der Waals surface area contributed by atoms with Gasteiger partial charge in [0.05, 0.1) is 0 Å². The van der Waals surface area contributed by atoms with E-state index in [0.717, 1.165) is 48.4 Å². The van der Waals surface area contributed by atoms with E-state index in [2.05, 4.69) is 63.5 Å². The molecule has 0 unspecified atom stereocenters. The van der Waals surface area contributed by atoms with Crippen molar-refractivity contribution in [2.45, 2.75) is 41.5 Å². The van der Waals surface area contributed by atoms with Gasteiger partial charge in [-0.25, -0.2) is 0 Å². The number of rotatable bonds is 8. The molecule has 2 aromatic carbocycles. The molecule has 2 rings (SSSR count). The fourth-order valence-electron chi connectivity index (χ4n) is 3.60. The molecule has 0 aliphatic rings. The van der Waals surface area contributed by atoms with Gasteiger partial charge in [-0.1, -0.05) is 0 Å². The van der Waals surface area contributed by atoms with Crippen LogP contribution in [0.2, 0.25) is 0 Å². The topological polar surface area (TPSA) is 23.6 Å². The van der Waals surface area contributed by atoms with Gasteiger partial charge in [-0.3, -0.25) is 4.79 Å². The van der Waals surface area contributed by atoms with Gasteiger partial charge >= 0.3 is 0 Å². The van der Waals surface area contributed by atoms with Crippen molar-refractivity contribution in [3.63, 3.8) is 0 Å². The molecular weight excluding hydrogens is 320 g/mol. The van der Waals surface area contributed by atoms with Gasteiger partial charge in [-0.05, 0) is 89.1 Å². The summed E-state index contributed by atoms with van der Waals surface area (Å²) in [5.41, 5.74) is 6.23. The molecule has 0 saturated carbocycles. The Kier molecular flexibility index (Phi) is 6.84. The van der Waals surface area contributed by atoms with Crippen molar-refractivity contribution in [3.05, 3.63) is 58.7 Å². The predicted molar refractivity (Wildman–Crippen MR) is 113 cm³/mol. The molecule has 3 heteroatoms. The zero-order valence-electron chi connectivity index (χ0n) is 17.1. The monoisotopic (exact) mass is 352 g/mol. The second kappa shape index (κ2) is 8.88. The van der Waals surface area contributed by atoms with E-state index in [1.807, 2.05) is 24.3 Å². The van der Waals surface area contributed by atoms with E-state index in [9.17, 15) is 4.79 Å². The summed E-state index contributed by atoms with van der Waals surface area (Å²) < 4.78 is 0. The highest BCUT2D eigenvalue weighted by Crippen LogP contribution is 2.25. The molecule has 0 radical (unpaired) electrons. The van der Waals surface area contributed by atoms with Crippen LogP contribution in [0.15, 0.2) is 36.4 Å². The Morgan fingerprint density at radius 3 is 1.31 bits per heavy atom. The molecule has 3 nitrogen and oxygen atoms in total. The predicted octanol–water partition coefficient (Wildman–Crippen LogP) is 5.23. The molecule has 0 aliphatic carbocycles. The second-order valence-corrected chi connectivity index (χ2v) is 6.68. The highest BCUT2D eigenvalue weighted by molar-refractivity contribution is 6.09. The summed E-state index contributed by atoms with van der Waals surface area (Å²) in [7, 11) is 0. The first-order valence-corrected chi connectivity index (χ1v) is 9.72. The Hall–Kier alpha value is -2.29. The second-order valence-electron chi connectivity index (χ2n) is 6.68. The quantitative estimate of drug-likeness (QED) is 0.608. The summed E-state index contributed by atoms with van der Waals surface area (Å²) in [6.07, 6.45) is 0. The van der Waals surface area contributed by atoms with Gasteiger partial charge in [-0.15, -0.1) is 0 Å². The third kappa shape index (κ3) is 4.09. The van der Waals surface area contributed by atoms with Crippen LogP contribution in [0.3, 0.4) is 0 Å². The number of hydrogen-bond donors (Lipinski definition) is 0. The number of hydrogen-bond acceptors (Lipinski definition) is 3. The van der Waals surface area contributed by atoms with Crippen LogP contribution >= 0.6 is 0 Å². The lowest BCUT2D eigenvalue weighted by molar-refractivity contribution is 0.103. The van der Waals surface area contributed by atoms with Crippen LogP contribution in [0, 0.1) is 13.8 Å². The van der Waals surface area contributed by atoms with Crippen LogP contribution in [0.5, 0.6) is 0 Å². The first-order valence-electron chi connectivity index (χ1n) is 9.72. The lowest BCUT2D eigenvalue weighted by Gasteiger charge is -2.24. The number of anilines is 2. The van der Waals surface area contributed by atoms with E-state index >= 15 is 0 Å². The molecule has 0 atom stereocenters. The lowest BCUT2D eigenvalue weighted by atomic mass is 9.98.